The van der Waals surface area contributed by atoms with Gasteiger partial charge in [-0.15, -0.1) is 16.8 Å². The van der Waals surface area contributed by atoms with E-state index in [2.05, 4.69) is 27.4 Å². The van der Waals surface area contributed by atoms with Crippen LogP contribution in [0.25, 0.3) is 0 Å². The molecule has 0 aliphatic carbocycles. The molecule has 132 valence electrons. The lowest BCUT2D eigenvalue weighted by Crippen LogP contribution is -2.28. The highest BCUT2D eigenvalue weighted by molar-refractivity contribution is 8.01. The molecular formula is C16H18N4O3S2. The molecule has 2 aromatic rings. The first kappa shape index (κ1) is 17.6. The molecule has 0 fully saturated rings. The van der Waals surface area contributed by atoms with Gasteiger partial charge in [0.15, 0.2) is 15.8 Å². The molecule has 0 radical (unpaired) electrons. The second-order valence-electron chi connectivity index (χ2n) is 5.23. The Balaban J connectivity index is 1.48. The van der Waals surface area contributed by atoms with Crippen molar-refractivity contribution < 1.29 is 14.3 Å². The molecule has 1 aliphatic heterocycles. The van der Waals surface area contributed by atoms with Crippen LogP contribution in [0, 0.1) is 0 Å². The van der Waals surface area contributed by atoms with E-state index < -0.39 is 0 Å². The summed E-state index contributed by atoms with van der Waals surface area (Å²) in [7, 11) is 0. The number of hydrogen-bond acceptors (Lipinski definition) is 8. The van der Waals surface area contributed by atoms with Gasteiger partial charge < -0.3 is 20.1 Å². The second kappa shape index (κ2) is 8.21. The summed E-state index contributed by atoms with van der Waals surface area (Å²) >= 11 is 2.78. The molecule has 1 aliphatic rings. The fourth-order valence-electron chi connectivity index (χ4n) is 2.18. The first-order valence-electron chi connectivity index (χ1n) is 7.65. The van der Waals surface area contributed by atoms with Gasteiger partial charge in [0.25, 0.3) is 0 Å². The van der Waals surface area contributed by atoms with Crippen LogP contribution in [0.1, 0.15) is 18.5 Å². The molecule has 2 N–H and O–H groups in total. The number of carbonyl (C=O) groups is 1. The predicted molar refractivity (Wildman–Crippen MR) is 98.4 cm³/mol. The van der Waals surface area contributed by atoms with Crippen LogP contribution in [0.2, 0.25) is 0 Å². The molecule has 9 heteroatoms. The van der Waals surface area contributed by atoms with Crippen molar-refractivity contribution in [2.45, 2.75) is 17.3 Å². The average Bonchev–Trinajstić information content (AvgIpc) is 3.26. The Morgan fingerprint density at radius 1 is 1.44 bits per heavy atom. The number of carbonyl (C=O) groups excluding carboxylic acids is 1. The highest BCUT2D eigenvalue weighted by Gasteiger charge is 2.17. The first-order chi connectivity index (χ1) is 12.2. The molecule has 0 bridgehead atoms. The fraction of sp³-hybridized carbons (Fsp3) is 0.312. The molecule has 1 atom stereocenters. The molecule has 1 aromatic heterocycles. The SMILES string of the molecule is C=CCNc1nnc(SCC(=O)N[C@@H](C)c2ccc3c(c2)OCO3)s1. The molecule has 1 amide bonds. The summed E-state index contributed by atoms with van der Waals surface area (Å²) in [5, 5.41) is 14.8. The Labute approximate surface area is 153 Å². The van der Waals surface area contributed by atoms with E-state index in [0.29, 0.717) is 12.3 Å². The van der Waals surface area contributed by atoms with Crippen LogP contribution in [0.15, 0.2) is 35.2 Å². The quantitative estimate of drug-likeness (QED) is 0.540. The number of nitrogens with one attached hydrogen (secondary N) is 2. The number of ether oxygens (including phenoxy) is 2. The zero-order valence-corrected chi connectivity index (χ0v) is 15.3. The molecule has 1 aromatic carbocycles. The van der Waals surface area contributed by atoms with E-state index >= 15 is 0 Å². The molecule has 25 heavy (non-hydrogen) atoms. The van der Waals surface area contributed by atoms with E-state index in [-0.39, 0.29) is 24.5 Å². The van der Waals surface area contributed by atoms with Crippen LogP contribution < -0.4 is 20.1 Å². The lowest BCUT2D eigenvalue weighted by Gasteiger charge is -2.14. The number of hydrogen-bond donors (Lipinski definition) is 2. The lowest BCUT2D eigenvalue weighted by atomic mass is 10.1. The highest BCUT2D eigenvalue weighted by Crippen LogP contribution is 2.34. The number of aromatic nitrogens is 2. The maximum atomic E-state index is 12.2. The average molecular weight is 378 g/mol. The number of fused-ring (bicyclic) bond motifs is 1. The molecular weight excluding hydrogens is 360 g/mol. The maximum Gasteiger partial charge on any atom is 0.231 e. The monoisotopic (exact) mass is 378 g/mol. The van der Waals surface area contributed by atoms with Gasteiger partial charge in [0, 0.05) is 6.54 Å². The summed E-state index contributed by atoms with van der Waals surface area (Å²) in [4.78, 5) is 12.2. The van der Waals surface area contributed by atoms with Gasteiger partial charge in [-0.25, -0.2) is 0 Å². The van der Waals surface area contributed by atoms with Crippen LogP contribution in [-0.4, -0.2) is 35.2 Å². The summed E-state index contributed by atoms with van der Waals surface area (Å²) in [6, 6.07) is 5.55. The molecule has 7 nitrogen and oxygen atoms in total. The third-order valence-corrected chi connectivity index (χ3v) is 5.42. The Morgan fingerprint density at radius 2 is 2.28 bits per heavy atom. The van der Waals surface area contributed by atoms with Gasteiger partial charge >= 0.3 is 0 Å². The van der Waals surface area contributed by atoms with E-state index in [1.807, 2.05) is 25.1 Å². The lowest BCUT2D eigenvalue weighted by molar-refractivity contribution is -0.119. The number of thioether (sulfide) groups is 1. The minimum atomic E-state index is -0.123. The summed E-state index contributed by atoms with van der Waals surface area (Å²) in [5.41, 5.74) is 0.967. The summed E-state index contributed by atoms with van der Waals surface area (Å²) in [6.07, 6.45) is 1.75. The van der Waals surface area contributed by atoms with Gasteiger partial charge in [-0.1, -0.05) is 35.2 Å². The van der Waals surface area contributed by atoms with E-state index in [9.17, 15) is 4.79 Å². The largest absolute Gasteiger partial charge is 0.454 e. The third kappa shape index (κ3) is 4.64. The van der Waals surface area contributed by atoms with Crippen LogP contribution in [0.5, 0.6) is 11.5 Å². The number of benzene rings is 1. The summed E-state index contributed by atoms with van der Waals surface area (Å²) in [5.74, 6) is 1.66. The van der Waals surface area contributed by atoms with Crippen LogP contribution >= 0.6 is 23.1 Å². The van der Waals surface area contributed by atoms with Gasteiger partial charge in [0.1, 0.15) is 0 Å². The molecule has 0 unspecified atom stereocenters. The third-order valence-electron chi connectivity index (χ3n) is 3.40. The minimum absolute atomic E-state index is 0.0639. The van der Waals surface area contributed by atoms with Crippen molar-refractivity contribution >= 4 is 34.1 Å². The fourth-order valence-corrected chi connectivity index (χ4v) is 3.75. The normalized spacial score (nSPS) is 13.3. The number of anilines is 1. The molecule has 0 saturated carbocycles. The van der Waals surface area contributed by atoms with Crippen molar-refractivity contribution in [1.82, 2.24) is 15.5 Å². The Kier molecular flexibility index (Phi) is 5.77. The smallest absolute Gasteiger partial charge is 0.231 e. The maximum absolute atomic E-state index is 12.2. The predicted octanol–water partition coefficient (Wildman–Crippen LogP) is 2.83. The van der Waals surface area contributed by atoms with Gasteiger partial charge in [-0.05, 0) is 24.6 Å². The van der Waals surface area contributed by atoms with Crippen LogP contribution in [0.3, 0.4) is 0 Å². The van der Waals surface area contributed by atoms with E-state index in [1.165, 1.54) is 23.1 Å². The molecule has 3 rings (SSSR count). The number of rotatable bonds is 8. The Morgan fingerprint density at radius 3 is 3.12 bits per heavy atom. The summed E-state index contributed by atoms with van der Waals surface area (Å²) in [6.45, 7) is 6.44. The van der Waals surface area contributed by atoms with E-state index in [4.69, 9.17) is 9.47 Å². The van der Waals surface area contributed by atoms with E-state index in [1.54, 1.807) is 6.08 Å². The topological polar surface area (TPSA) is 85.4 Å². The van der Waals surface area contributed by atoms with Crippen LogP contribution in [-0.2, 0) is 4.79 Å². The first-order valence-corrected chi connectivity index (χ1v) is 9.46. The van der Waals surface area contributed by atoms with Crippen molar-refractivity contribution in [3.8, 4) is 11.5 Å². The summed E-state index contributed by atoms with van der Waals surface area (Å²) < 4.78 is 11.4. The van der Waals surface area contributed by atoms with Crippen molar-refractivity contribution in [2.24, 2.45) is 0 Å². The minimum Gasteiger partial charge on any atom is -0.454 e. The zero-order valence-electron chi connectivity index (χ0n) is 13.7. The van der Waals surface area contributed by atoms with Gasteiger partial charge in [0.2, 0.25) is 17.8 Å². The standard InChI is InChI=1S/C16H18N4O3S2/c1-3-6-17-15-19-20-16(25-15)24-8-14(21)18-10(2)11-4-5-12-13(7-11)23-9-22-12/h3-5,7,10H,1,6,8-9H2,2H3,(H,17,19)(H,18,21)/t10-/m0/s1. The van der Waals surface area contributed by atoms with Crippen molar-refractivity contribution in [3.63, 3.8) is 0 Å². The van der Waals surface area contributed by atoms with Crippen molar-refractivity contribution in [3.05, 3.63) is 36.4 Å². The molecule has 2 heterocycles. The van der Waals surface area contributed by atoms with Gasteiger partial charge in [0.05, 0.1) is 11.8 Å². The zero-order chi connectivity index (χ0) is 17.6. The second-order valence-corrected chi connectivity index (χ2v) is 7.43. The Hall–Kier alpha value is -2.26. The van der Waals surface area contributed by atoms with Gasteiger partial charge in [-0.3, -0.25) is 4.79 Å². The van der Waals surface area contributed by atoms with E-state index in [0.717, 1.165) is 20.8 Å². The van der Waals surface area contributed by atoms with Gasteiger partial charge in [-0.2, -0.15) is 0 Å². The molecule has 0 spiro atoms. The van der Waals surface area contributed by atoms with Crippen molar-refractivity contribution in [2.75, 3.05) is 24.4 Å². The van der Waals surface area contributed by atoms with Crippen molar-refractivity contribution in [1.29, 1.82) is 0 Å². The highest BCUT2D eigenvalue weighted by atomic mass is 32.2. The van der Waals surface area contributed by atoms with Crippen LogP contribution in [0.4, 0.5) is 5.13 Å². The molecule has 0 saturated heterocycles. The Bertz CT molecular complexity index is 766. The number of nitrogens with zero attached hydrogens (tertiary/aromatic N) is 2. The number of amides is 1.